The van der Waals surface area contributed by atoms with Crippen molar-refractivity contribution in [3.8, 4) is 23.0 Å². The Morgan fingerprint density at radius 1 is 1.32 bits per heavy atom. The summed E-state index contributed by atoms with van der Waals surface area (Å²) in [6.45, 7) is -0.699. The molecule has 3 aromatic heterocycles. The van der Waals surface area contributed by atoms with Gasteiger partial charge < -0.3 is 20.3 Å². The van der Waals surface area contributed by atoms with Gasteiger partial charge in [0.15, 0.2) is 5.82 Å². The van der Waals surface area contributed by atoms with Crippen molar-refractivity contribution in [3.05, 3.63) is 40.4 Å². The molecule has 3 aromatic rings. The zero-order valence-corrected chi connectivity index (χ0v) is 14.8. The molecule has 0 unspecified atom stereocenters. The zero-order chi connectivity index (χ0) is 20.4. The number of fused-ring (bicyclic) bond motifs is 1. The summed E-state index contributed by atoms with van der Waals surface area (Å²) in [5, 5.41) is 21.4. The molecule has 0 aliphatic rings. The number of ether oxygens (including phenoxy) is 1. The van der Waals surface area contributed by atoms with E-state index in [2.05, 4.69) is 20.3 Å². The third-order valence-corrected chi connectivity index (χ3v) is 3.92. The predicted molar refractivity (Wildman–Crippen MR) is 96.2 cm³/mol. The fraction of sp³-hybridized carbons (Fsp3) is 0.176. The third kappa shape index (κ3) is 3.32. The number of pyridine rings is 2. The summed E-state index contributed by atoms with van der Waals surface area (Å²) in [6.07, 6.45) is 2.90. The first kappa shape index (κ1) is 18.8. The van der Waals surface area contributed by atoms with E-state index in [1.807, 2.05) is 0 Å². The molecule has 3 N–H and O–H groups in total. The lowest BCUT2D eigenvalue weighted by atomic mass is 10.1. The zero-order valence-electron chi connectivity index (χ0n) is 14.8. The number of carbonyl (C=O) groups is 2. The van der Waals surface area contributed by atoms with Crippen LogP contribution in [0.15, 0.2) is 29.3 Å². The second-order valence-corrected chi connectivity index (χ2v) is 5.68. The van der Waals surface area contributed by atoms with Gasteiger partial charge >= 0.3 is 5.97 Å². The summed E-state index contributed by atoms with van der Waals surface area (Å²) in [4.78, 5) is 47.8. The summed E-state index contributed by atoms with van der Waals surface area (Å²) in [5.74, 6) is -2.32. The van der Waals surface area contributed by atoms with Crippen LogP contribution in [0.4, 0.5) is 0 Å². The van der Waals surface area contributed by atoms with Crippen LogP contribution in [-0.4, -0.2) is 55.3 Å². The van der Waals surface area contributed by atoms with Gasteiger partial charge in [0.2, 0.25) is 5.88 Å². The number of carbonyl (C=O) groups excluding carboxylic acids is 1. The molecular weight excluding hydrogens is 370 g/mol. The standard InChI is InChI=1S/C17H15N5O6/c1-22-15-9(13(25)12(17(22)27)16(26)20-7-11(23)24)5-8(6-19-15)14-18-4-3-10(21-14)28-2/h3-6,25H,7H2,1-2H3,(H,20,26)(H,23,24). The van der Waals surface area contributed by atoms with Crippen molar-refractivity contribution in [2.24, 2.45) is 7.05 Å². The van der Waals surface area contributed by atoms with Crippen LogP contribution >= 0.6 is 0 Å². The number of aromatic nitrogens is 4. The number of methoxy groups -OCH3 is 1. The Kier molecular flexibility index (Phi) is 4.90. The molecule has 0 aliphatic heterocycles. The van der Waals surface area contributed by atoms with E-state index in [1.54, 1.807) is 6.07 Å². The van der Waals surface area contributed by atoms with E-state index >= 15 is 0 Å². The maximum absolute atomic E-state index is 12.4. The first-order valence-electron chi connectivity index (χ1n) is 7.92. The lowest BCUT2D eigenvalue weighted by molar-refractivity contribution is -0.135. The lowest BCUT2D eigenvalue weighted by Crippen LogP contribution is -2.35. The number of carboxylic acids is 1. The highest BCUT2D eigenvalue weighted by Gasteiger charge is 2.22. The van der Waals surface area contributed by atoms with Crippen LogP contribution in [0.1, 0.15) is 10.4 Å². The van der Waals surface area contributed by atoms with Gasteiger partial charge in [-0.25, -0.2) is 9.97 Å². The molecule has 0 fully saturated rings. The number of hydrogen-bond donors (Lipinski definition) is 3. The van der Waals surface area contributed by atoms with Crippen molar-refractivity contribution < 1.29 is 24.5 Å². The highest BCUT2D eigenvalue weighted by atomic mass is 16.5. The van der Waals surface area contributed by atoms with Gasteiger partial charge in [-0.3, -0.25) is 19.0 Å². The van der Waals surface area contributed by atoms with Crippen molar-refractivity contribution >= 4 is 22.9 Å². The molecule has 0 saturated heterocycles. The Morgan fingerprint density at radius 3 is 2.75 bits per heavy atom. The van der Waals surface area contributed by atoms with Crippen LogP contribution in [0.25, 0.3) is 22.4 Å². The highest BCUT2D eigenvalue weighted by Crippen LogP contribution is 2.28. The topological polar surface area (TPSA) is 157 Å². The van der Waals surface area contributed by atoms with Crippen LogP contribution in [0.3, 0.4) is 0 Å². The van der Waals surface area contributed by atoms with Crippen LogP contribution in [0.2, 0.25) is 0 Å². The van der Waals surface area contributed by atoms with Crippen LogP contribution in [-0.2, 0) is 11.8 Å². The number of carboxylic acid groups (broad SMARTS) is 1. The van der Waals surface area contributed by atoms with Gasteiger partial charge in [0.05, 0.1) is 12.5 Å². The SMILES string of the molecule is COc1ccnc(-c2cnc3c(c2)c(O)c(C(=O)NCC(=O)O)c(=O)n3C)n1. The molecule has 0 aromatic carbocycles. The summed E-state index contributed by atoms with van der Waals surface area (Å²) >= 11 is 0. The quantitative estimate of drug-likeness (QED) is 0.546. The number of amides is 1. The molecule has 3 rings (SSSR count). The van der Waals surface area contributed by atoms with Crippen molar-refractivity contribution in [1.82, 2.24) is 24.8 Å². The van der Waals surface area contributed by atoms with Crippen molar-refractivity contribution in [2.75, 3.05) is 13.7 Å². The van der Waals surface area contributed by atoms with Gasteiger partial charge in [-0.2, -0.15) is 4.98 Å². The van der Waals surface area contributed by atoms with Crippen LogP contribution < -0.4 is 15.6 Å². The third-order valence-electron chi connectivity index (χ3n) is 3.92. The van der Waals surface area contributed by atoms with Gasteiger partial charge in [0.25, 0.3) is 11.5 Å². The first-order chi connectivity index (χ1) is 13.3. The molecule has 144 valence electrons. The molecule has 0 radical (unpaired) electrons. The first-order valence-corrected chi connectivity index (χ1v) is 7.92. The highest BCUT2D eigenvalue weighted by molar-refractivity contribution is 6.03. The normalized spacial score (nSPS) is 10.6. The number of hydrogen-bond acceptors (Lipinski definition) is 8. The van der Waals surface area contributed by atoms with Gasteiger partial charge in [-0.15, -0.1) is 0 Å². The monoisotopic (exact) mass is 385 g/mol. The van der Waals surface area contributed by atoms with E-state index in [4.69, 9.17) is 9.84 Å². The average molecular weight is 385 g/mol. The van der Waals surface area contributed by atoms with Gasteiger partial charge in [0, 0.05) is 31.1 Å². The summed E-state index contributed by atoms with van der Waals surface area (Å²) in [6, 6.07) is 3.03. The molecule has 1 amide bonds. The van der Waals surface area contributed by atoms with Gasteiger partial charge in [0.1, 0.15) is 23.5 Å². The molecular formula is C17H15N5O6. The Balaban J connectivity index is 2.18. The number of nitrogens with one attached hydrogen (secondary N) is 1. The second-order valence-electron chi connectivity index (χ2n) is 5.68. The number of aromatic hydroxyl groups is 1. The molecule has 0 aliphatic carbocycles. The summed E-state index contributed by atoms with van der Waals surface area (Å²) in [5.41, 5.74) is -0.853. The minimum atomic E-state index is -1.29. The number of aryl methyl sites for hydroxylation is 1. The minimum Gasteiger partial charge on any atom is -0.506 e. The lowest BCUT2D eigenvalue weighted by Gasteiger charge is -2.12. The van der Waals surface area contributed by atoms with Gasteiger partial charge in [-0.1, -0.05) is 0 Å². The second kappa shape index (κ2) is 7.31. The average Bonchev–Trinajstić information content (AvgIpc) is 2.70. The maximum atomic E-state index is 12.4. The van der Waals surface area contributed by atoms with Crippen molar-refractivity contribution in [3.63, 3.8) is 0 Å². The Bertz CT molecular complexity index is 1160. The van der Waals surface area contributed by atoms with Crippen molar-refractivity contribution in [2.45, 2.75) is 0 Å². The molecule has 0 saturated carbocycles. The number of rotatable bonds is 5. The van der Waals surface area contributed by atoms with Crippen molar-refractivity contribution in [1.29, 1.82) is 0 Å². The molecule has 0 atom stereocenters. The molecule has 0 bridgehead atoms. The number of aliphatic carboxylic acids is 1. The number of nitrogens with zero attached hydrogens (tertiary/aromatic N) is 4. The molecule has 28 heavy (non-hydrogen) atoms. The van der Waals surface area contributed by atoms with E-state index in [0.717, 1.165) is 4.57 Å². The molecule has 3 heterocycles. The summed E-state index contributed by atoms with van der Waals surface area (Å²) in [7, 11) is 2.83. The molecule has 11 heteroatoms. The Hall–Kier alpha value is -4.02. The Morgan fingerprint density at radius 2 is 2.07 bits per heavy atom. The fourth-order valence-electron chi connectivity index (χ4n) is 2.57. The van der Waals surface area contributed by atoms with E-state index in [9.17, 15) is 19.5 Å². The smallest absolute Gasteiger partial charge is 0.322 e. The van der Waals surface area contributed by atoms with Crippen LogP contribution in [0.5, 0.6) is 11.6 Å². The minimum absolute atomic E-state index is 0.103. The largest absolute Gasteiger partial charge is 0.506 e. The molecule has 11 nitrogen and oxygen atoms in total. The van der Waals surface area contributed by atoms with Crippen LogP contribution in [0, 0.1) is 0 Å². The predicted octanol–water partition coefficient (Wildman–Crippen LogP) is -0.0809. The molecule has 0 spiro atoms. The summed E-state index contributed by atoms with van der Waals surface area (Å²) < 4.78 is 6.14. The Labute approximate surface area is 157 Å². The fourth-order valence-corrected chi connectivity index (χ4v) is 2.57. The van der Waals surface area contributed by atoms with E-state index in [0.29, 0.717) is 11.4 Å². The maximum Gasteiger partial charge on any atom is 0.322 e. The van der Waals surface area contributed by atoms with E-state index in [-0.39, 0.29) is 16.9 Å². The van der Waals surface area contributed by atoms with E-state index in [1.165, 1.54) is 32.6 Å². The van der Waals surface area contributed by atoms with E-state index < -0.39 is 35.3 Å². The van der Waals surface area contributed by atoms with Gasteiger partial charge in [-0.05, 0) is 6.07 Å².